The first-order valence-corrected chi connectivity index (χ1v) is 23.1. The number of carboxylic acid groups (broad SMARTS) is 1. The van der Waals surface area contributed by atoms with Crippen LogP contribution in [0.1, 0.15) is 226 Å². The zero-order valence-corrected chi connectivity index (χ0v) is 35.0. The third kappa shape index (κ3) is 19.2. The maximum atomic E-state index is 12.9. The van der Waals surface area contributed by atoms with E-state index in [0.29, 0.717) is 6.42 Å². The fourth-order valence-electron chi connectivity index (χ4n) is 8.73. The highest BCUT2D eigenvalue weighted by molar-refractivity contribution is 5.86. The Morgan fingerprint density at radius 1 is 0.577 bits per heavy atom. The summed E-state index contributed by atoms with van der Waals surface area (Å²) in [5, 5.41) is 10.6. The summed E-state index contributed by atoms with van der Waals surface area (Å²) in [4.78, 5) is 22.8. The molecule has 0 saturated carbocycles. The van der Waals surface area contributed by atoms with Crippen molar-refractivity contribution in [2.45, 2.75) is 237 Å². The lowest BCUT2D eigenvalue weighted by atomic mass is 9.84. The van der Waals surface area contributed by atoms with Crippen LogP contribution in [0.3, 0.4) is 0 Å². The number of aliphatic imine (C=N–C) groups is 1. The van der Waals surface area contributed by atoms with Gasteiger partial charge in [-0.1, -0.05) is 161 Å². The van der Waals surface area contributed by atoms with E-state index >= 15 is 0 Å². The molecule has 0 aromatic rings. The predicted octanol–water partition coefficient (Wildman–Crippen LogP) is 13.9. The van der Waals surface area contributed by atoms with Gasteiger partial charge < -0.3 is 10.0 Å². The van der Waals surface area contributed by atoms with Gasteiger partial charge in [-0.2, -0.15) is 0 Å². The molecule has 0 spiro atoms. The third-order valence-electron chi connectivity index (χ3n) is 12.1. The van der Waals surface area contributed by atoms with E-state index in [2.05, 4.69) is 54.2 Å². The van der Waals surface area contributed by atoms with Crippen molar-refractivity contribution in [3.8, 4) is 0 Å². The van der Waals surface area contributed by atoms with Gasteiger partial charge in [0.1, 0.15) is 0 Å². The van der Waals surface area contributed by atoms with Gasteiger partial charge in [0, 0.05) is 12.8 Å². The summed E-state index contributed by atoms with van der Waals surface area (Å²) in [5.41, 5.74) is -1.33. The molecule has 5 nitrogen and oxygen atoms in total. The first kappa shape index (κ1) is 46.7. The Bertz CT molecular complexity index is 899. The standard InChI is InChI=1S/C47H87N3O2/c1-4-7-9-11-13-15-17-19-21-23-25-27-29-31-33-38-46(39-34-32-30-28-26-24-22-20-18-16-14-12-10-8-5-2)44-48-47(6-3,45(51)52)50(46)43-37-42-49-40-35-36-41-49/h19-22,44H,4-18,23-43H2,1-3H3,(H,51,52)/b21-19-,22-20-. The number of hydrogen-bond acceptors (Lipinski definition) is 4. The number of carbonyl (C=O) groups is 1. The van der Waals surface area contributed by atoms with Crippen molar-refractivity contribution in [3.05, 3.63) is 24.3 Å². The Hall–Kier alpha value is -1.46. The van der Waals surface area contributed by atoms with Crippen LogP contribution in [-0.2, 0) is 4.79 Å². The average molecular weight is 726 g/mol. The molecule has 5 heteroatoms. The van der Waals surface area contributed by atoms with Gasteiger partial charge >= 0.3 is 5.97 Å². The van der Waals surface area contributed by atoms with Crippen LogP contribution < -0.4 is 0 Å². The van der Waals surface area contributed by atoms with E-state index in [-0.39, 0.29) is 5.54 Å². The second-order valence-corrected chi connectivity index (χ2v) is 16.6. The molecule has 0 radical (unpaired) electrons. The molecule has 1 fully saturated rings. The molecule has 1 N–H and O–H groups in total. The normalized spacial score (nSPS) is 19.3. The minimum Gasteiger partial charge on any atom is -0.478 e. The van der Waals surface area contributed by atoms with Crippen LogP contribution in [0.25, 0.3) is 0 Å². The first-order valence-electron chi connectivity index (χ1n) is 23.1. The minimum atomic E-state index is -1.10. The predicted molar refractivity (Wildman–Crippen MR) is 228 cm³/mol. The molecular weight excluding hydrogens is 639 g/mol. The van der Waals surface area contributed by atoms with Crippen molar-refractivity contribution < 1.29 is 9.90 Å². The summed E-state index contributed by atoms with van der Waals surface area (Å²) in [5.74, 6) is -0.761. The SMILES string of the molecule is CCCCCCCC/C=C\CCCCCCCC1(CCCCCCC/C=C\CCCCCCCC)C=NC(CC)(C(=O)O)N1CCCN1CCCC1. The molecule has 0 aromatic carbocycles. The van der Waals surface area contributed by atoms with Crippen LogP contribution >= 0.6 is 0 Å². The van der Waals surface area contributed by atoms with Crippen molar-refractivity contribution in [2.24, 2.45) is 4.99 Å². The molecule has 0 amide bonds. The number of carboxylic acids is 1. The monoisotopic (exact) mass is 726 g/mol. The summed E-state index contributed by atoms with van der Waals surface area (Å²) in [7, 11) is 0. The second kappa shape index (κ2) is 30.8. The largest absolute Gasteiger partial charge is 0.478 e. The van der Waals surface area contributed by atoms with Gasteiger partial charge in [0.2, 0.25) is 5.66 Å². The van der Waals surface area contributed by atoms with Crippen LogP contribution in [-0.4, -0.2) is 64.5 Å². The molecule has 0 bridgehead atoms. The molecule has 0 aliphatic carbocycles. The Morgan fingerprint density at radius 3 is 1.38 bits per heavy atom. The average Bonchev–Trinajstić information content (AvgIpc) is 3.78. The van der Waals surface area contributed by atoms with Gasteiger partial charge in [-0.3, -0.25) is 9.89 Å². The van der Waals surface area contributed by atoms with Crippen molar-refractivity contribution in [3.63, 3.8) is 0 Å². The van der Waals surface area contributed by atoms with Gasteiger partial charge in [-0.25, -0.2) is 4.79 Å². The highest BCUT2D eigenvalue weighted by Crippen LogP contribution is 2.41. The molecule has 2 aliphatic heterocycles. The Morgan fingerprint density at radius 2 is 0.981 bits per heavy atom. The summed E-state index contributed by atoms with van der Waals surface area (Å²) in [6.45, 7) is 10.9. The van der Waals surface area contributed by atoms with Crippen molar-refractivity contribution >= 4 is 12.2 Å². The molecule has 1 saturated heterocycles. The molecule has 2 heterocycles. The van der Waals surface area contributed by atoms with Crippen LogP contribution in [0.5, 0.6) is 0 Å². The number of unbranched alkanes of at least 4 members (excludes halogenated alkanes) is 22. The van der Waals surface area contributed by atoms with Gasteiger partial charge in [-0.05, 0) is 110 Å². The fraction of sp³-hybridized carbons (Fsp3) is 0.872. The van der Waals surface area contributed by atoms with Crippen LogP contribution in [0, 0.1) is 0 Å². The summed E-state index contributed by atoms with van der Waals surface area (Å²) in [6.07, 6.45) is 52.0. The molecule has 2 aliphatic rings. The van der Waals surface area contributed by atoms with Gasteiger partial charge in [0.25, 0.3) is 0 Å². The number of hydrogen-bond donors (Lipinski definition) is 1. The highest BCUT2D eigenvalue weighted by Gasteiger charge is 2.55. The number of aliphatic carboxylic acids is 1. The number of nitrogens with zero attached hydrogens (tertiary/aromatic N) is 3. The van der Waals surface area contributed by atoms with Crippen molar-refractivity contribution in [1.29, 1.82) is 0 Å². The molecule has 1 unspecified atom stereocenters. The molecule has 2 rings (SSSR count). The molecule has 0 aromatic heterocycles. The Labute approximate surface area is 324 Å². The van der Waals surface area contributed by atoms with Crippen LogP contribution in [0.4, 0.5) is 0 Å². The quantitative estimate of drug-likeness (QED) is 0.0516. The lowest BCUT2D eigenvalue weighted by Crippen LogP contribution is -2.59. The topological polar surface area (TPSA) is 56.1 Å². The van der Waals surface area contributed by atoms with Crippen molar-refractivity contribution in [2.75, 3.05) is 26.2 Å². The van der Waals surface area contributed by atoms with Crippen molar-refractivity contribution in [1.82, 2.24) is 9.80 Å². The van der Waals surface area contributed by atoms with Crippen LogP contribution in [0.15, 0.2) is 29.3 Å². The number of likely N-dealkylation sites (tertiary alicyclic amines) is 1. The van der Waals surface area contributed by atoms with E-state index in [4.69, 9.17) is 4.99 Å². The fourth-order valence-corrected chi connectivity index (χ4v) is 8.73. The van der Waals surface area contributed by atoms with E-state index in [1.807, 2.05) is 6.92 Å². The van der Waals surface area contributed by atoms with Gasteiger partial charge in [0.05, 0.1) is 5.54 Å². The second-order valence-electron chi connectivity index (χ2n) is 16.6. The van der Waals surface area contributed by atoms with Gasteiger partial charge in [-0.15, -0.1) is 0 Å². The maximum Gasteiger partial charge on any atom is 0.346 e. The lowest BCUT2D eigenvalue weighted by molar-refractivity contribution is -0.153. The van der Waals surface area contributed by atoms with Crippen LogP contribution in [0.2, 0.25) is 0 Å². The lowest BCUT2D eigenvalue weighted by Gasteiger charge is -2.44. The minimum absolute atomic E-state index is 0.224. The van der Waals surface area contributed by atoms with E-state index in [1.165, 1.54) is 180 Å². The smallest absolute Gasteiger partial charge is 0.346 e. The van der Waals surface area contributed by atoms with E-state index < -0.39 is 11.6 Å². The summed E-state index contributed by atoms with van der Waals surface area (Å²) in [6, 6.07) is 0. The number of rotatable bonds is 36. The highest BCUT2D eigenvalue weighted by atomic mass is 16.4. The van der Waals surface area contributed by atoms with Gasteiger partial charge in [0.15, 0.2) is 0 Å². The Kier molecular flexibility index (Phi) is 27.7. The van der Waals surface area contributed by atoms with E-state index in [9.17, 15) is 9.90 Å². The molecule has 1 atom stereocenters. The maximum absolute atomic E-state index is 12.9. The zero-order valence-electron chi connectivity index (χ0n) is 35.0. The van der Waals surface area contributed by atoms with E-state index in [0.717, 1.165) is 45.2 Å². The summed E-state index contributed by atoms with van der Waals surface area (Å²) < 4.78 is 0. The molecule has 52 heavy (non-hydrogen) atoms. The molecular formula is C47H87N3O2. The first-order chi connectivity index (χ1) is 25.5. The number of allylic oxidation sites excluding steroid dienone is 4. The molecule has 302 valence electrons. The summed E-state index contributed by atoms with van der Waals surface area (Å²) >= 11 is 0. The van der Waals surface area contributed by atoms with E-state index in [1.54, 1.807) is 0 Å². The Balaban J connectivity index is 1.81. The zero-order chi connectivity index (χ0) is 37.4. The third-order valence-corrected chi connectivity index (χ3v) is 12.1.